The molecule has 100 valence electrons. The molecule has 0 saturated carbocycles. The summed E-state index contributed by atoms with van der Waals surface area (Å²) in [5, 5.41) is 3.99. The van der Waals surface area contributed by atoms with Gasteiger partial charge in [0.1, 0.15) is 0 Å². The van der Waals surface area contributed by atoms with Crippen molar-refractivity contribution < 1.29 is 4.52 Å². The molecule has 0 amide bonds. The first-order valence-electron chi connectivity index (χ1n) is 6.10. The lowest BCUT2D eigenvalue weighted by Gasteiger charge is -2.01. The molecule has 0 radical (unpaired) electrons. The van der Waals surface area contributed by atoms with Crippen LogP contribution in [0.2, 0.25) is 0 Å². The summed E-state index contributed by atoms with van der Waals surface area (Å²) in [5.74, 6) is 6.82. The zero-order chi connectivity index (χ0) is 13.9. The number of rotatable bonds is 3. The van der Waals surface area contributed by atoms with Gasteiger partial charge >= 0.3 is 0 Å². The molecule has 0 saturated heterocycles. The number of nitrogens with zero attached hydrogens (tertiary/aromatic N) is 3. The molecule has 0 unspecified atom stereocenters. The summed E-state index contributed by atoms with van der Waals surface area (Å²) in [6, 6.07) is 11.5. The quantitative estimate of drug-likeness (QED) is 0.559. The van der Waals surface area contributed by atoms with Crippen LogP contribution in [0.4, 0.5) is 5.82 Å². The fourth-order valence-corrected chi connectivity index (χ4v) is 1.85. The molecule has 0 aliphatic carbocycles. The Balaban J connectivity index is 2.00. The monoisotopic (exact) mass is 267 g/mol. The van der Waals surface area contributed by atoms with E-state index in [0.29, 0.717) is 23.1 Å². The molecule has 3 aromatic rings. The second-order valence-electron chi connectivity index (χ2n) is 4.33. The first kappa shape index (κ1) is 12.3. The lowest BCUT2D eigenvalue weighted by Crippen LogP contribution is -2.09. The van der Waals surface area contributed by atoms with E-state index >= 15 is 0 Å². The van der Waals surface area contributed by atoms with Gasteiger partial charge in [-0.05, 0) is 19.1 Å². The minimum absolute atomic E-state index is 0.377. The van der Waals surface area contributed by atoms with Crippen molar-refractivity contribution >= 4 is 5.82 Å². The molecule has 0 aliphatic heterocycles. The highest BCUT2D eigenvalue weighted by Gasteiger charge is 2.14. The first-order chi connectivity index (χ1) is 9.78. The van der Waals surface area contributed by atoms with Crippen molar-refractivity contribution in [2.45, 2.75) is 6.92 Å². The third-order valence-electron chi connectivity index (χ3n) is 2.91. The average molecular weight is 267 g/mol. The number of nitrogens with two attached hydrogens (primary N) is 1. The number of aromatic nitrogens is 3. The molecule has 20 heavy (non-hydrogen) atoms. The molecule has 3 N–H and O–H groups in total. The van der Waals surface area contributed by atoms with Gasteiger partial charge in [-0.1, -0.05) is 35.0 Å². The molecular weight excluding hydrogens is 254 g/mol. The third-order valence-corrected chi connectivity index (χ3v) is 2.91. The highest BCUT2D eigenvalue weighted by atomic mass is 16.5. The largest absolute Gasteiger partial charge is 0.333 e. The van der Waals surface area contributed by atoms with E-state index in [1.54, 1.807) is 12.3 Å². The molecule has 0 atom stereocenters. The van der Waals surface area contributed by atoms with Gasteiger partial charge in [-0.25, -0.2) is 10.8 Å². The summed E-state index contributed by atoms with van der Waals surface area (Å²) in [6.07, 6.45) is 1.63. The van der Waals surface area contributed by atoms with E-state index in [4.69, 9.17) is 10.4 Å². The van der Waals surface area contributed by atoms with Gasteiger partial charge in [0.25, 0.3) is 5.89 Å². The smallest absolute Gasteiger partial charge is 0.262 e. The molecular formula is C14H13N5O. The van der Waals surface area contributed by atoms with E-state index in [1.807, 2.05) is 37.3 Å². The number of pyridine rings is 1. The number of nitrogen functional groups attached to an aromatic ring is 1. The van der Waals surface area contributed by atoms with Crippen molar-refractivity contribution in [1.29, 1.82) is 0 Å². The van der Waals surface area contributed by atoms with Gasteiger partial charge < -0.3 is 9.95 Å². The van der Waals surface area contributed by atoms with Crippen LogP contribution in [0.3, 0.4) is 0 Å². The number of nitrogens with one attached hydrogen (secondary N) is 1. The maximum Gasteiger partial charge on any atom is 0.262 e. The van der Waals surface area contributed by atoms with Gasteiger partial charge in [0, 0.05) is 11.8 Å². The highest BCUT2D eigenvalue weighted by molar-refractivity contribution is 5.69. The van der Waals surface area contributed by atoms with Gasteiger partial charge in [-0.15, -0.1) is 0 Å². The topological polar surface area (TPSA) is 89.9 Å². The fourth-order valence-electron chi connectivity index (χ4n) is 1.85. The van der Waals surface area contributed by atoms with Crippen LogP contribution in [-0.4, -0.2) is 15.1 Å². The predicted molar refractivity (Wildman–Crippen MR) is 75.5 cm³/mol. The Morgan fingerprint density at radius 1 is 1.15 bits per heavy atom. The summed E-state index contributed by atoms with van der Waals surface area (Å²) >= 11 is 0. The summed E-state index contributed by atoms with van der Waals surface area (Å²) in [5.41, 5.74) is 5.26. The number of hydrogen-bond donors (Lipinski definition) is 2. The summed E-state index contributed by atoms with van der Waals surface area (Å²) in [6.45, 7) is 2.03. The second-order valence-corrected chi connectivity index (χ2v) is 4.33. The standard InChI is InChI=1S/C14H13N5O/c1-9-4-6-10(7-5-9)12-17-14(20-19-12)11-3-2-8-16-13(11)18-15/h2-8H,15H2,1H3,(H,16,18). The third kappa shape index (κ3) is 2.24. The van der Waals surface area contributed by atoms with Gasteiger partial charge in [0.2, 0.25) is 5.82 Å². The molecule has 6 heteroatoms. The Kier molecular flexibility index (Phi) is 3.14. The van der Waals surface area contributed by atoms with Crippen LogP contribution in [0.1, 0.15) is 5.56 Å². The van der Waals surface area contributed by atoms with E-state index in [0.717, 1.165) is 5.56 Å². The van der Waals surface area contributed by atoms with Crippen LogP contribution >= 0.6 is 0 Å². The zero-order valence-corrected chi connectivity index (χ0v) is 10.9. The van der Waals surface area contributed by atoms with E-state index in [1.165, 1.54) is 5.56 Å². The van der Waals surface area contributed by atoms with Crippen molar-refractivity contribution in [2.75, 3.05) is 5.43 Å². The number of anilines is 1. The van der Waals surface area contributed by atoms with Gasteiger partial charge in [0.15, 0.2) is 5.82 Å². The summed E-state index contributed by atoms with van der Waals surface area (Å²) in [4.78, 5) is 8.48. The molecule has 2 aromatic heterocycles. The van der Waals surface area contributed by atoms with Crippen LogP contribution in [0.5, 0.6) is 0 Å². The van der Waals surface area contributed by atoms with Crippen LogP contribution < -0.4 is 11.3 Å². The number of hydrazine groups is 1. The molecule has 0 spiro atoms. The predicted octanol–water partition coefficient (Wildman–Crippen LogP) is 2.39. The fraction of sp³-hybridized carbons (Fsp3) is 0.0714. The van der Waals surface area contributed by atoms with Crippen LogP contribution in [-0.2, 0) is 0 Å². The lowest BCUT2D eigenvalue weighted by atomic mass is 10.1. The van der Waals surface area contributed by atoms with Gasteiger partial charge in [-0.3, -0.25) is 0 Å². The Morgan fingerprint density at radius 3 is 2.70 bits per heavy atom. The average Bonchev–Trinajstić information content (AvgIpc) is 2.97. The zero-order valence-electron chi connectivity index (χ0n) is 10.9. The number of aryl methyl sites for hydroxylation is 1. The van der Waals surface area contributed by atoms with Crippen molar-refractivity contribution in [2.24, 2.45) is 5.84 Å². The van der Waals surface area contributed by atoms with E-state index < -0.39 is 0 Å². The summed E-state index contributed by atoms with van der Waals surface area (Å²) < 4.78 is 5.28. The maximum absolute atomic E-state index is 5.42. The van der Waals surface area contributed by atoms with Crippen molar-refractivity contribution in [3.63, 3.8) is 0 Å². The Hall–Kier alpha value is -2.73. The highest BCUT2D eigenvalue weighted by Crippen LogP contribution is 2.26. The van der Waals surface area contributed by atoms with E-state index in [9.17, 15) is 0 Å². The molecule has 2 heterocycles. The van der Waals surface area contributed by atoms with Crippen molar-refractivity contribution in [3.05, 3.63) is 48.2 Å². The Bertz CT molecular complexity index is 720. The van der Waals surface area contributed by atoms with Crippen LogP contribution in [0, 0.1) is 6.92 Å². The van der Waals surface area contributed by atoms with E-state index in [2.05, 4.69) is 20.6 Å². The van der Waals surface area contributed by atoms with E-state index in [-0.39, 0.29) is 0 Å². The van der Waals surface area contributed by atoms with Gasteiger partial charge in [0.05, 0.1) is 5.56 Å². The number of hydrogen-bond acceptors (Lipinski definition) is 6. The Labute approximate surface area is 115 Å². The SMILES string of the molecule is Cc1ccc(-c2noc(-c3cccnc3NN)n2)cc1. The normalized spacial score (nSPS) is 10.5. The molecule has 3 rings (SSSR count). The van der Waals surface area contributed by atoms with Gasteiger partial charge in [-0.2, -0.15) is 4.98 Å². The Morgan fingerprint density at radius 2 is 1.95 bits per heavy atom. The second kappa shape index (κ2) is 5.10. The minimum atomic E-state index is 0.377. The maximum atomic E-state index is 5.42. The van der Waals surface area contributed by atoms with Crippen molar-refractivity contribution in [3.8, 4) is 22.8 Å². The molecule has 6 nitrogen and oxygen atoms in total. The molecule has 0 aliphatic rings. The van der Waals surface area contributed by atoms with Crippen LogP contribution in [0.25, 0.3) is 22.8 Å². The minimum Gasteiger partial charge on any atom is -0.333 e. The van der Waals surface area contributed by atoms with Crippen LogP contribution in [0.15, 0.2) is 47.1 Å². The summed E-state index contributed by atoms with van der Waals surface area (Å²) in [7, 11) is 0. The molecule has 0 fully saturated rings. The lowest BCUT2D eigenvalue weighted by molar-refractivity contribution is 0.432. The number of benzene rings is 1. The first-order valence-corrected chi connectivity index (χ1v) is 6.10. The molecule has 1 aromatic carbocycles. The molecule has 0 bridgehead atoms. The van der Waals surface area contributed by atoms with Crippen molar-refractivity contribution in [1.82, 2.24) is 15.1 Å².